The van der Waals surface area contributed by atoms with Crippen molar-refractivity contribution in [3.63, 3.8) is 0 Å². The average molecular weight is 481 g/mol. The van der Waals surface area contributed by atoms with Gasteiger partial charge in [0.1, 0.15) is 5.92 Å². The molecular weight excluding hydrogens is 461 g/mol. The highest BCUT2D eigenvalue weighted by Gasteiger charge is 2.45. The number of hydrogen-bond acceptors (Lipinski definition) is 4. The predicted octanol–water partition coefficient (Wildman–Crippen LogP) is 6.10. The number of benzene rings is 2. The van der Waals surface area contributed by atoms with E-state index >= 15 is 0 Å². The summed E-state index contributed by atoms with van der Waals surface area (Å²) < 4.78 is 93.9. The first kappa shape index (κ1) is 27.3. The van der Waals surface area contributed by atoms with Gasteiger partial charge in [0.15, 0.2) is 5.78 Å². The number of rotatable bonds is 6. The molecule has 2 unspecified atom stereocenters. The quantitative estimate of drug-likeness (QED) is 0.165. The van der Waals surface area contributed by atoms with E-state index in [-0.39, 0.29) is 18.1 Å². The molecule has 0 radical (unpaired) electrons. The molecule has 2 aromatic rings. The van der Waals surface area contributed by atoms with E-state index in [9.17, 15) is 35.9 Å². The monoisotopic (exact) mass is 481 g/mol. The van der Waals surface area contributed by atoms with Crippen molar-refractivity contribution in [2.75, 3.05) is 6.61 Å². The van der Waals surface area contributed by atoms with Crippen LogP contribution in [-0.4, -0.2) is 18.4 Å². The summed E-state index contributed by atoms with van der Waals surface area (Å²) in [4.78, 5) is 25.6. The van der Waals surface area contributed by atoms with Crippen LogP contribution in [0.3, 0.4) is 0 Å². The molecule has 0 saturated carbocycles. The third kappa shape index (κ3) is 6.88. The second kappa shape index (κ2) is 11.2. The average Bonchev–Trinajstić information content (AvgIpc) is 2.72. The molecule has 4 nitrogen and oxygen atoms in total. The molecule has 2 aromatic carbocycles. The maximum atomic E-state index is 13.5. The molecule has 0 aliphatic carbocycles. The van der Waals surface area contributed by atoms with Crippen LogP contribution in [0.1, 0.15) is 46.8 Å². The zero-order valence-electron chi connectivity index (χ0n) is 17.0. The smallest absolute Gasteiger partial charge is 0.417 e. The molecule has 0 aromatic heterocycles. The number of Topliss-reactive ketones (excluding diaryl/α,β-unsaturated/α-hetero) is 1. The molecule has 0 N–H and O–H groups in total. The normalized spacial score (nSPS) is 12.5. The van der Waals surface area contributed by atoms with E-state index < -0.39 is 46.7 Å². The largest absolute Gasteiger partial charge is 0.465 e. The van der Waals surface area contributed by atoms with Gasteiger partial charge in [-0.1, -0.05) is 54.8 Å². The van der Waals surface area contributed by atoms with Crippen LogP contribution in [0.4, 0.5) is 26.3 Å². The Balaban J connectivity index is 0.00000249. The van der Waals surface area contributed by atoms with Crippen LogP contribution in [0, 0.1) is 5.92 Å². The van der Waals surface area contributed by atoms with Gasteiger partial charge < -0.3 is 4.74 Å². The number of esters is 1. The van der Waals surface area contributed by atoms with Gasteiger partial charge in [-0.05, 0) is 23.6 Å². The van der Waals surface area contributed by atoms with Crippen molar-refractivity contribution in [1.82, 2.24) is 0 Å². The highest BCUT2D eigenvalue weighted by atomic mass is 31.0. The first-order valence-corrected chi connectivity index (χ1v) is 9.58. The van der Waals surface area contributed by atoms with E-state index in [2.05, 4.69) is 0 Å². The van der Waals surface area contributed by atoms with Gasteiger partial charge in [-0.25, -0.2) is 0 Å². The molecule has 0 aliphatic rings. The maximum absolute atomic E-state index is 13.5. The molecule has 0 fully saturated rings. The van der Waals surface area contributed by atoms with Crippen molar-refractivity contribution in [2.45, 2.75) is 32.1 Å². The van der Waals surface area contributed by atoms with Crippen LogP contribution in [0.2, 0.25) is 0 Å². The van der Waals surface area contributed by atoms with Crippen LogP contribution >= 0.6 is 9.12 Å². The summed E-state index contributed by atoms with van der Waals surface area (Å²) >= 11 is 0. The standard InChI is InChI=1S/C21H18F6O3.H2OP/c1-12(2)11-30-19(29)16(13-7-4-3-5-8-13)18(28)17-14(20(22,23)24)9-6-10-15(17)21(25,26)27;1-2/h3-10,12,16H,11H2,1-2H3;2H2/q;+1. The van der Waals surface area contributed by atoms with E-state index in [1.54, 1.807) is 13.8 Å². The zero-order chi connectivity index (χ0) is 24.7. The van der Waals surface area contributed by atoms with Gasteiger partial charge >= 0.3 is 27.4 Å². The minimum Gasteiger partial charge on any atom is -0.465 e. The Morgan fingerprint density at radius 3 is 1.72 bits per heavy atom. The van der Waals surface area contributed by atoms with Crippen LogP contribution in [-0.2, 0) is 26.4 Å². The lowest BCUT2D eigenvalue weighted by Gasteiger charge is -2.22. The number of carbonyl (C=O) groups excluding carboxylic acids is 2. The molecule has 2 atom stereocenters. The first-order chi connectivity index (χ1) is 14.8. The predicted molar refractivity (Wildman–Crippen MR) is 106 cm³/mol. The van der Waals surface area contributed by atoms with Crippen LogP contribution in [0.5, 0.6) is 0 Å². The molecule has 32 heavy (non-hydrogen) atoms. The van der Waals surface area contributed by atoms with Crippen molar-refractivity contribution in [3.8, 4) is 0 Å². The Hall–Kier alpha value is -2.74. The highest BCUT2D eigenvalue weighted by molar-refractivity contribution is 7.00. The minimum absolute atomic E-state index is 0.0682. The van der Waals surface area contributed by atoms with Crippen LogP contribution < -0.4 is 0 Å². The number of carbonyl (C=O) groups is 2. The Bertz CT molecular complexity index is 894. The van der Waals surface area contributed by atoms with Gasteiger partial charge in [0.05, 0.1) is 17.7 Å². The molecule has 0 aliphatic heterocycles. The van der Waals surface area contributed by atoms with E-state index in [4.69, 9.17) is 9.30 Å². The summed E-state index contributed by atoms with van der Waals surface area (Å²) in [6.45, 7) is 3.23. The van der Waals surface area contributed by atoms with Crippen molar-refractivity contribution in [1.29, 1.82) is 0 Å². The number of alkyl halides is 6. The molecule has 11 heteroatoms. The van der Waals surface area contributed by atoms with E-state index in [1.165, 1.54) is 39.5 Å². The SMILES string of the molecule is CC(C)COC(=O)C(C(=O)c1c(C(F)(F)F)cccc1C(F)(F)F)c1ccccc1.O=[PH2+]. The fourth-order valence-electron chi connectivity index (χ4n) is 2.81. The Kier molecular flexibility index (Phi) is 9.57. The van der Waals surface area contributed by atoms with Gasteiger partial charge in [-0.15, -0.1) is 0 Å². The maximum Gasteiger partial charge on any atom is 0.417 e. The van der Waals surface area contributed by atoms with Gasteiger partial charge in [0.2, 0.25) is 0 Å². The van der Waals surface area contributed by atoms with Crippen molar-refractivity contribution in [3.05, 3.63) is 70.8 Å². The van der Waals surface area contributed by atoms with Crippen molar-refractivity contribution >= 4 is 20.9 Å². The van der Waals surface area contributed by atoms with Gasteiger partial charge in [-0.2, -0.15) is 26.3 Å². The lowest BCUT2D eigenvalue weighted by molar-refractivity contribution is -0.147. The summed E-state index contributed by atoms with van der Waals surface area (Å²) in [5, 5.41) is 0. The Morgan fingerprint density at radius 1 is 0.844 bits per heavy atom. The molecular formula is C21H20F6O4P+. The van der Waals surface area contributed by atoms with Gasteiger partial charge in [0.25, 0.3) is 0 Å². The summed E-state index contributed by atoms with van der Waals surface area (Å²) in [5.74, 6) is -4.98. The van der Waals surface area contributed by atoms with E-state index in [1.807, 2.05) is 0 Å². The number of hydrogen-bond donors (Lipinski definition) is 0. The Morgan fingerprint density at radius 2 is 1.31 bits per heavy atom. The van der Waals surface area contributed by atoms with Crippen LogP contribution in [0.25, 0.3) is 0 Å². The molecule has 0 saturated heterocycles. The third-order valence-electron chi connectivity index (χ3n) is 4.11. The summed E-state index contributed by atoms with van der Waals surface area (Å²) in [6, 6.07) is 8.20. The highest BCUT2D eigenvalue weighted by Crippen LogP contribution is 2.41. The Labute approximate surface area is 182 Å². The molecule has 0 spiro atoms. The molecule has 0 bridgehead atoms. The number of ether oxygens (including phenoxy) is 1. The molecule has 2 rings (SSSR count). The zero-order valence-corrected chi connectivity index (χ0v) is 18.1. The van der Waals surface area contributed by atoms with Gasteiger partial charge in [0, 0.05) is 5.56 Å². The summed E-state index contributed by atoms with van der Waals surface area (Å²) in [7, 11) is 1.17. The fraction of sp³-hybridized carbons (Fsp3) is 0.333. The van der Waals surface area contributed by atoms with Crippen LogP contribution in [0.15, 0.2) is 48.5 Å². The summed E-state index contributed by atoms with van der Waals surface area (Å²) in [5.41, 5.74) is -5.20. The molecule has 0 heterocycles. The van der Waals surface area contributed by atoms with Crippen molar-refractivity contribution < 1.29 is 45.2 Å². The van der Waals surface area contributed by atoms with Crippen molar-refractivity contribution in [2.24, 2.45) is 5.92 Å². The van der Waals surface area contributed by atoms with E-state index in [0.29, 0.717) is 18.2 Å². The lowest BCUT2D eigenvalue weighted by atomic mass is 9.85. The first-order valence-electron chi connectivity index (χ1n) is 9.10. The number of ketones is 1. The number of halogens is 6. The second-order valence-electron chi connectivity index (χ2n) is 6.96. The molecule has 0 amide bonds. The second-order valence-corrected chi connectivity index (χ2v) is 6.96. The third-order valence-corrected chi connectivity index (χ3v) is 4.11. The lowest BCUT2D eigenvalue weighted by Crippen LogP contribution is -2.29. The van der Waals surface area contributed by atoms with Gasteiger partial charge in [-0.3, -0.25) is 9.59 Å². The summed E-state index contributed by atoms with van der Waals surface area (Å²) in [6.07, 6.45) is -10.5. The fourth-order valence-corrected chi connectivity index (χ4v) is 2.81. The minimum atomic E-state index is -5.24. The molecule has 174 valence electrons. The van der Waals surface area contributed by atoms with E-state index in [0.717, 1.165) is 0 Å². The topological polar surface area (TPSA) is 60.4 Å².